The van der Waals surface area contributed by atoms with E-state index in [0.717, 1.165) is 0 Å². The Balaban J connectivity index is 1.56. The molecule has 0 saturated carbocycles. The number of halogens is 1. The molecule has 0 saturated heterocycles. The van der Waals surface area contributed by atoms with E-state index >= 15 is 0 Å². The summed E-state index contributed by atoms with van der Waals surface area (Å²) in [5, 5.41) is 22.7. The summed E-state index contributed by atoms with van der Waals surface area (Å²) < 4.78 is 26.4. The molecular formula is C26H22FN5O5. The third-order valence-corrected chi connectivity index (χ3v) is 5.65. The number of hydrogen-bond donors (Lipinski definition) is 2. The fraction of sp³-hybridized carbons (Fsp3) is 0.192. The number of nitrogens with one attached hydrogen (secondary N) is 1. The van der Waals surface area contributed by atoms with Crippen molar-refractivity contribution < 1.29 is 28.6 Å². The van der Waals surface area contributed by atoms with Crippen LogP contribution in [0.1, 0.15) is 33.3 Å². The molecule has 10 nitrogen and oxygen atoms in total. The van der Waals surface area contributed by atoms with Gasteiger partial charge >= 0.3 is 11.9 Å². The van der Waals surface area contributed by atoms with Crippen molar-refractivity contribution in [2.45, 2.75) is 13.5 Å². The lowest BCUT2D eigenvalue weighted by Crippen LogP contribution is -2.13. The molecule has 4 aromatic rings. The number of ether oxygens (including phenoxy) is 2. The van der Waals surface area contributed by atoms with Crippen LogP contribution in [0.5, 0.6) is 5.75 Å². The molecule has 2 heterocycles. The molecule has 0 bridgehead atoms. The summed E-state index contributed by atoms with van der Waals surface area (Å²) >= 11 is 0. The lowest BCUT2D eigenvalue weighted by molar-refractivity contribution is 0.0514. The third kappa shape index (κ3) is 5.04. The van der Waals surface area contributed by atoms with E-state index in [0.29, 0.717) is 34.8 Å². The maximum atomic E-state index is 14.6. The number of nitrogens with zero attached hydrogens (tertiary/aromatic N) is 4. The van der Waals surface area contributed by atoms with E-state index in [1.165, 1.54) is 37.7 Å². The Morgan fingerprint density at radius 2 is 1.97 bits per heavy atom. The van der Waals surface area contributed by atoms with Gasteiger partial charge in [-0.05, 0) is 37.3 Å². The summed E-state index contributed by atoms with van der Waals surface area (Å²) in [5.41, 5.74) is 1.19. The van der Waals surface area contributed by atoms with Crippen LogP contribution in [-0.2, 0) is 11.3 Å². The van der Waals surface area contributed by atoms with Gasteiger partial charge in [-0.25, -0.2) is 23.9 Å². The molecule has 2 aromatic heterocycles. The lowest BCUT2D eigenvalue weighted by atomic mass is 10.0. The van der Waals surface area contributed by atoms with Gasteiger partial charge < -0.3 is 24.5 Å². The average molecular weight is 503 g/mol. The van der Waals surface area contributed by atoms with Gasteiger partial charge in [0, 0.05) is 30.1 Å². The van der Waals surface area contributed by atoms with Crippen LogP contribution in [0, 0.1) is 17.1 Å². The largest absolute Gasteiger partial charge is 0.496 e. The molecule has 0 atom stereocenters. The van der Waals surface area contributed by atoms with Gasteiger partial charge in [0.25, 0.3) is 0 Å². The summed E-state index contributed by atoms with van der Waals surface area (Å²) in [6.07, 6.45) is 1.31. The highest BCUT2D eigenvalue weighted by atomic mass is 19.1. The summed E-state index contributed by atoms with van der Waals surface area (Å²) in [5.74, 6) is -1.56. The zero-order chi connectivity index (χ0) is 26.5. The highest BCUT2D eigenvalue weighted by molar-refractivity contribution is 6.03. The van der Waals surface area contributed by atoms with Crippen molar-refractivity contribution in [3.05, 3.63) is 71.4 Å². The molecule has 2 aromatic carbocycles. The van der Waals surface area contributed by atoms with Crippen molar-refractivity contribution in [3.63, 3.8) is 0 Å². The first-order valence-corrected chi connectivity index (χ1v) is 11.2. The molecule has 2 N–H and O–H groups in total. The minimum absolute atomic E-state index is 0.0541. The van der Waals surface area contributed by atoms with Crippen LogP contribution in [0.15, 0.2) is 48.8 Å². The van der Waals surface area contributed by atoms with Gasteiger partial charge in [-0.3, -0.25) is 0 Å². The molecule has 0 aliphatic rings. The number of anilines is 1. The van der Waals surface area contributed by atoms with E-state index in [2.05, 4.69) is 21.4 Å². The molecule has 4 rings (SSSR count). The number of carbonyl (C=O) groups excluding carboxylic acids is 1. The lowest BCUT2D eigenvalue weighted by Gasteiger charge is -2.11. The Bertz CT molecular complexity index is 1540. The smallest absolute Gasteiger partial charge is 0.338 e. The maximum absolute atomic E-state index is 14.6. The van der Waals surface area contributed by atoms with E-state index in [-0.39, 0.29) is 35.5 Å². The van der Waals surface area contributed by atoms with Crippen LogP contribution in [0.3, 0.4) is 0 Å². The number of hydrogen-bond acceptors (Lipinski definition) is 8. The molecule has 37 heavy (non-hydrogen) atoms. The summed E-state index contributed by atoms with van der Waals surface area (Å²) in [6, 6.07) is 12.4. The maximum Gasteiger partial charge on any atom is 0.338 e. The third-order valence-electron chi connectivity index (χ3n) is 5.65. The predicted octanol–water partition coefficient (Wildman–Crippen LogP) is 4.10. The van der Waals surface area contributed by atoms with E-state index in [1.54, 1.807) is 29.7 Å². The van der Waals surface area contributed by atoms with Gasteiger partial charge in [0.2, 0.25) is 0 Å². The van der Waals surface area contributed by atoms with Crippen molar-refractivity contribution in [1.82, 2.24) is 14.5 Å². The van der Waals surface area contributed by atoms with E-state index < -0.39 is 17.8 Å². The van der Waals surface area contributed by atoms with Crippen LogP contribution in [0.2, 0.25) is 0 Å². The van der Waals surface area contributed by atoms with Crippen LogP contribution in [-0.4, -0.2) is 51.8 Å². The zero-order valence-electron chi connectivity index (χ0n) is 20.0. The first-order valence-electron chi connectivity index (χ1n) is 11.2. The van der Waals surface area contributed by atoms with Crippen molar-refractivity contribution >= 4 is 28.7 Å². The zero-order valence-corrected chi connectivity index (χ0v) is 20.0. The van der Waals surface area contributed by atoms with Crippen molar-refractivity contribution in [2.24, 2.45) is 0 Å². The number of rotatable bonds is 9. The Morgan fingerprint density at radius 3 is 2.68 bits per heavy atom. The molecule has 0 aliphatic carbocycles. The number of esters is 1. The first-order chi connectivity index (χ1) is 17.9. The van der Waals surface area contributed by atoms with Gasteiger partial charge in [-0.1, -0.05) is 6.07 Å². The number of aromatic nitrogens is 3. The average Bonchev–Trinajstić information content (AvgIpc) is 3.28. The number of carboxylic acids is 1. The van der Waals surface area contributed by atoms with Gasteiger partial charge in [-0.2, -0.15) is 5.26 Å². The molecule has 0 radical (unpaired) electrons. The number of benzene rings is 2. The van der Waals surface area contributed by atoms with Crippen LogP contribution >= 0.6 is 0 Å². The number of carbonyl (C=O) groups is 2. The van der Waals surface area contributed by atoms with Crippen molar-refractivity contribution in [1.29, 1.82) is 5.26 Å². The molecule has 0 spiro atoms. The molecule has 188 valence electrons. The van der Waals surface area contributed by atoms with Crippen molar-refractivity contribution in [2.75, 3.05) is 25.6 Å². The predicted molar refractivity (Wildman–Crippen MR) is 132 cm³/mol. The Labute approximate surface area is 210 Å². The fourth-order valence-corrected chi connectivity index (χ4v) is 3.99. The molecule has 0 aliphatic heterocycles. The summed E-state index contributed by atoms with van der Waals surface area (Å²) in [6.45, 7) is 2.31. The van der Waals surface area contributed by atoms with Crippen LogP contribution < -0.4 is 10.1 Å². The Morgan fingerprint density at radius 1 is 1.16 bits per heavy atom. The molecular weight excluding hydrogens is 481 g/mol. The van der Waals surface area contributed by atoms with Gasteiger partial charge in [0.1, 0.15) is 35.5 Å². The molecule has 0 fully saturated rings. The van der Waals surface area contributed by atoms with Crippen LogP contribution in [0.4, 0.5) is 10.2 Å². The Hall–Kier alpha value is -4.98. The fourth-order valence-electron chi connectivity index (χ4n) is 3.99. The van der Waals surface area contributed by atoms with Gasteiger partial charge in [0.05, 0.1) is 36.1 Å². The summed E-state index contributed by atoms with van der Waals surface area (Å²) in [4.78, 5) is 32.2. The minimum atomic E-state index is -1.27. The number of methoxy groups -OCH3 is 1. The monoisotopic (exact) mass is 503 g/mol. The molecule has 0 unspecified atom stereocenters. The van der Waals surface area contributed by atoms with Crippen LogP contribution in [0.25, 0.3) is 22.2 Å². The number of nitriles is 1. The number of fused-ring (bicyclic) bond motifs is 1. The topological polar surface area (TPSA) is 139 Å². The highest BCUT2D eigenvalue weighted by Gasteiger charge is 2.19. The number of carboxylic acid groups (broad SMARTS) is 1. The van der Waals surface area contributed by atoms with E-state index in [9.17, 15) is 24.3 Å². The van der Waals surface area contributed by atoms with Gasteiger partial charge in [0.15, 0.2) is 0 Å². The van der Waals surface area contributed by atoms with E-state index in [1.807, 2.05) is 0 Å². The summed E-state index contributed by atoms with van der Waals surface area (Å²) in [7, 11) is 1.48. The second-order valence-electron chi connectivity index (χ2n) is 7.81. The molecule has 0 amide bonds. The first kappa shape index (κ1) is 25.1. The standard InChI is InChI=1S/C26H22FN5O5/c1-3-37-26(35)17-5-4-15(10-18(17)25(33)34)21-12-23(31-14-30-21)29-8-9-32-16(13-28)11-19-22(36-2)7-6-20(27)24(19)32/h4-7,10-12,14H,3,8-9H2,1-2H3,(H,33,34)(H,29,30,31). The van der Waals surface area contributed by atoms with Crippen molar-refractivity contribution in [3.8, 4) is 23.1 Å². The number of aromatic carboxylic acids is 1. The minimum Gasteiger partial charge on any atom is -0.496 e. The quantitative estimate of drug-likeness (QED) is 0.323. The van der Waals surface area contributed by atoms with Gasteiger partial charge in [-0.15, -0.1) is 0 Å². The normalized spacial score (nSPS) is 10.6. The van der Waals surface area contributed by atoms with E-state index in [4.69, 9.17) is 9.47 Å². The second-order valence-corrected chi connectivity index (χ2v) is 7.81. The highest BCUT2D eigenvalue weighted by Crippen LogP contribution is 2.31. The Kier molecular flexibility index (Phi) is 7.29. The molecule has 11 heteroatoms. The SMILES string of the molecule is CCOC(=O)c1ccc(-c2cc(NCCn3c(C#N)cc4c(OC)ccc(F)c43)ncn2)cc1C(=O)O. The second kappa shape index (κ2) is 10.7.